The molecule has 1 aromatic rings. The Bertz CT molecular complexity index is 285. The van der Waals surface area contributed by atoms with Gasteiger partial charge in [0.25, 0.3) is 0 Å². The third-order valence-electron chi connectivity index (χ3n) is 2.42. The molecule has 0 atom stereocenters. The Balaban J connectivity index is 2.10. The molecule has 70 valence electrons. The van der Waals surface area contributed by atoms with Gasteiger partial charge in [0.05, 0.1) is 0 Å². The maximum absolute atomic E-state index is 4.33. The molecule has 3 heteroatoms. The Morgan fingerprint density at radius 3 is 2.62 bits per heavy atom. The molecule has 0 saturated heterocycles. The van der Waals surface area contributed by atoms with Crippen LogP contribution in [0.3, 0.4) is 0 Å². The van der Waals surface area contributed by atoms with E-state index in [4.69, 9.17) is 0 Å². The van der Waals surface area contributed by atoms with Gasteiger partial charge in [-0.15, -0.1) is 0 Å². The van der Waals surface area contributed by atoms with Crippen LogP contribution in [0, 0.1) is 13.8 Å². The fourth-order valence-electron chi connectivity index (χ4n) is 1.55. The smallest absolute Gasteiger partial charge is 0.130 e. The zero-order valence-corrected chi connectivity index (χ0v) is 8.17. The SMILES string of the molecule is Cc1cc(NC2CCC2)nc(C)n1. The third kappa shape index (κ3) is 1.97. The first-order valence-corrected chi connectivity index (χ1v) is 4.83. The minimum absolute atomic E-state index is 0.647. The zero-order chi connectivity index (χ0) is 9.26. The molecule has 0 spiro atoms. The number of aromatic nitrogens is 2. The van der Waals surface area contributed by atoms with Gasteiger partial charge in [-0.1, -0.05) is 0 Å². The van der Waals surface area contributed by atoms with Gasteiger partial charge in [-0.2, -0.15) is 0 Å². The number of hydrogen-bond acceptors (Lipinski definition) is 3. The molecule has 2 rings (SSSR count). The van der Waals surface area contributed by atoms with Crippen LogP contribution in [0.4, 0.5) is 5.82 Å². The summed E-state index contributed by atoms with van der Waals surface area (Å²) in [7, 11) is 0. The molecule has 0 unspecified atom stereocenters. The predicted molar refractivity (Wildman–Crippen MR) is 52.8 cm³/mol. The second kappa shape index (κ2) is 3.32. The fourth-order valence-corrected chi connectivity index (χ4v) is 1.55. The molecule has 0 amide bonds. The minimum atomic E-state index is 0.647. The number of nitrogens with zero attached hydrogens (tertiary/aromatic N) is 2. The van der Waals surface area contributed by atoms with Crippen LogP contribution in [0.1, 0.15) is 30.8 Å². The van der Waals surface area contributed by atoms with Crippen molar-refractivity contribution in [2.75, 3.05) is 5.32 Å². The maximum Gasteiger partial charge on any atom is 0.130 e. The monoisotopic (exact) mass is 177 g/mol. The number of anilines is 1. The summed E-state index contributed by atoms with van der Waals surface area (Å²) in [6.07, 6.45) is 3.91. The van der Waals surface area contributed by atoms with E-state index in [0.29, 0.717) is 6.04 Å². The van der Waals surface area contributed by atoms with Crippen LogP contribution in [0.15, 0.2) is 6.07 Å². The van der Waals surface area contributed by atoms with Crippen molar-refractivity contribution in [1.82, 2.24) is 9.97 Å². The van der Waals surface area contributed by atoms with Gasteiger partial charge in [0.2, 0.25) is 0 Å². The Kier molecular flexibility index (Phi) is 2.17. The fraction of sp³-hybridized carbons (Fsp3) is 0.600. The summed E-state index contributed by atoms with van der Waals surface area (Å²) < 4.78 is 0. The summed E-state index contributed by atoms with van der Waals surface area (Å²) in [4.78, 5) is 8.57. The molecule has 1 aliphatic rings. The quantitative estimate of drug-likeness (QED) is 0.751. The minimum Gasteiger partial charge on any atom is -0.367 e. The highest BCUT2D eigenvalue weighted by Gasteiger charge is 2.17. The molecule has 0 aromatic carbocycles. The van der Waals surface area contributed by atoms with Crippen molar-refractivity contribution < 1.29 is 0 Å². The summed E-state index contributed by atoms with van der Waals surface area (Å²) in [6.45, 7) is 3.93. The number of rotatable bonds is 2. The average molecular weight is 177 g/mol. The Hall–Kier alpha value is -1.12. The summed E-state index contributed by atoms with van der Waals surface area (Å²) in [5.41, 5.74) is 1.04. The number of nitrogens with one attached hydrogen (secondary N) is 1. The maximum atomic E-state index is 4.33. The lowest BCUT2D eigenvalue weighted by atomic mass is 9.93. The molecular formula is C10H15N3. The summed E-state index contributed by atoms with van der Waals surface area (Å²) in [6, 6.07) is 2.65. The molecule has 1 heterocycles. The molecular weight excluding hydrogens is 162 g/mol. The van der Waals surface area contributed by atoms with Crippen molar-refractivity contribution in [3.05, 3.63) is 17.6 Å². The zero-order valence-electron chi connectivity index (χ0n) is 8.17. The van der Waals surface area contributed by atoms with Crippen LogP contribution in [0.2, 0.25) is 0 Å². The Labute approximate surface area is 78.6 Å². The first-order chi connectivity index (χ1) is 6.24. The molecule has 3 nitrogen and oxygen atoms in total. The third-order valence-corrected chi connectivity index (χ3v) is 2.42. The van der Waals surface area contributed by atoms with Crippen LogP contribution in [0.25, 0.3) is 0 Å². The van der Waals surface area contributed by atoms with Crippen molar-refractivity contribution in [2.24, 2.45) is 0 Å². The summed E-state index contributed by atoms with van der Waals surface area (Å²) >= 11 is 0. The topological polar surface area (TPSA) is 37.8 Å². The van der Waals surface area contributed by atoms with Gasteiger partial charge in [-0.05, 0) is 33.1 Å². The lowest BCUT2D eigenvalue weighted by Crippen LogP contribution is -2.27. The first kappa shape index (κ1) is 8.48. The molecule has 1 aromatic heterocycles. The largest absolute Gasteiger partial charge is 0.367 e. The van der Waals surface area contributed by atoms with Gasteiger partial charge in [0, 0.05) is 17.8 Å². The van der Waals surface area contributed by atoms with Crippen LogP contribution < -0.4 is 5.32 Å². The van der Waals surface area contributed by atoms with Gasteiger partial charge in [0.15, 0.2) is 0 Å². The second-order valence-corrected chi connectivity index (χ2v) is 3.71. The lowest BCUT2D eigenvalue weighted by molar-refractivity contribution is 0.444. The highest BCUT2D eigenvalue weighted by molar-refractivity contribution is 5.37. The second-order valence-electron chi connectivity index (χ2n) is 3.71. The van der Waals surface area contributed by atoms with E-state index in [-0.39, 0.29) is 0 Å². The molecule has 0 radical (unpaired) electrons. The van der Waals surface area contributed by atoms with Crippen molar-refractivity contribution in [2.45, 2.75) is 39.2 Å². The summed E-state index contributed by atoms with van der Waals surface area (Å²) in [5.74, 6) is 1.83. The van der Waals surface area contributed by atoms with E-state index in [1.54, 1.807) is 0 Å². The molecule has 1 N–H and O–H groups in total. The van der Waals surface area contributed by atoms with E-state index in [1.807, 2.05) is 19.9 Å². The lowest BCUT2D eigenvalue weighted by Gasteiger charge is -2.26. The van der Waals surface area contributed by atoms with E-state index in [0.717, 1.165) is 17.3 Å². The molecule has 1 fully saturated rings. The first-order valence-electron chi connectivity index (χ1n) is 4.83. The van der Waals surface area contributed by atoms with Gasteiger partial charge >= 0.3 is 0 Å². The van der Waals surface area contributed by atoms with E-state index < -0.39 is 0 Å². The van der Waals surface area contributed by atoms with Crippen molar-refractivity contribution in [3.8, 4) is 0 Å². The predicted octanol–water partition coefficient (Wildman–Crippen LogP) is 2.06. The average Bonchev–Trinajstić information content (AvgIpc) is 1.95. The van der Waals surface area contributed by atoms with E-state index >= 15 is 0 Å². The van der Waals surface area contributed by atoms with Crippen LogP contribution in [-0.2, 0) is 0 Å². The van der Waals surface area contributed by atoms with Gasteiger partial charge < -0.3 is 5.32 Å². The van der Waals surface area contributed by atoms with Gasteiger partial charge in [-0.3, -0.25) is 0 Å². The normalized spacial score (nSPS) is 16.8. The van der Waals surface area contributed by atoms with E-state index in [9.17, 15) is 0 Å². The highest BCUT2D eigenvalue weighted by Crippen LogP contribution is 2.22. The van der Waals surface area contributed by atoms with E-state index in [1.165, 1.54) is 19.3 Å². The Morgan fingerprint density at radius 1 is 1.31 bits per heavy atom. The molecule has 0 bridgehead atoms. The van der Waals surface area contributed by atoms with Crippen molar-refractivity contribution >= 4 is 5.82 Å². The Morgan fingerprint density at radius 2 is 2.08 bits per heavy atom. The number of aryl methyl sites for hydroxylation is 2. The van der Waals surface area contributed by atoms with Crippen molar-refractivity contribution in [1.29, 1.82) is 0 Å². The van der Waals surface area contributed by atoms with Crippen LogP contribution in [0.5, 0.6) is 0 Å². The van der Waals surface area contributed by atoms with Crippen LogP contribution in [-0.4, -0.2) is 16.0 Å². The van der Waals surface area contributed by atoms with Crippen LogP contribution >= 0.6 is 0 Å². The van der Waals surface area contributed by atoms with Gasteiger partial charge in [-0.25, -0.2) is 9.97 Å². The number of hydrogen-bond donors (Lipinski definition) is 1. The molecule has 13 heavy (non-hydrogen) atoms. The molecule has 1 aliphatic carbocycles. The highest BCUT2D eigenvalue weighted by atomic mass is 15.1. The summed E-state index contributed by atoms with van der Waals surface area (Å²) in [5, 5.41) is 3.41. The van der Waals surface area contributed by atoms with E-state index in [2.05, 4.69) is 15.3 Å². The molecule has 0 aliphatic heterocycles. The van der Waals surface area contributed by atoms with Gasteiger partial charge in [0.1, 0.15) is 11.6 Å². The molecule has 1 saturated carbocycles. The standard InChI is InChI=1S/C10H15N3/c1-7-6-10(12-8(2)11-7)13-9-4-3-5-9/h6,9H,3-5H2,1-2H3,(H,11,12,13). The van der Waals surface area contributed by atoms with Crippen molar-refractivity contribution in [3.63, 3.8) is 0 Å².